The first-order chi connectivity index (χ1) is 12.4. The molecule has 3 rings (SSSR count). The van der Waals surface area contributed by atoms with Crippen LogP contribution in [0, 0.1) is 0 Å². The van der Waals surface area contributed by atoms with Gasteiger partial charge in [0, 0.05) is 12.1 Å². The van der Waals surface area contributed by atoms with Gasteiger partial charge >= 0.3 is 0 Å². The van der Waals surface area contributed by atoms with Gasteiger partial charge in [0.2, 0.25) is 5.82 Å². The quantitative estimate of drug-likeness (QED) is 0.872. The predicted molar refractivity (Wildman–Crippen MR) is 102 cm³/mol. The number of nitrogens with zero attached hydrogens (tertiary/aromatic N) is 5. The Bertz CT molecular complexity index is 698. The summed E-state index contributed by atoms with van der Waals surface area (Å²) < 4.78 is 7.25. The SMILES string of the molecule is CC[C@H](c1nnnn1C(C)(C)C)[NH+]1CCN(c2ccc(OC)cc2)CC1. The van der Waals surface area contributed by atoms with Crippen LogP contribution >= 0.6 is 0 Å². The van der Waals surface area contributed by atoms with Crippen LogP contribution in [0.3, 0.4) is 0 Å². The molecule has 0 saturated carbocycles. The molecule has 142 valence electrons. The molecule has 1 atom stereocenters. The van der Waals surface area contributed by atoms with Crippen molar-refractivity contribution in [2.45, 2.75) is 45.7 Å². The molecular formula is C19H31N6O+. The number of ether oxygens (including phenoxy) is 1. The minimum absolute atomic E-state index is 0.101. The number of piperazine rings is 1. The van der Waals surface area contributed by atoms with Crippen LogP contribution in [0.2, 0.25) is 0 Å². The maximum absolute atomic E-state index is 5.26. The molecule has 1 saturated heterocycles. The molecule has 0 radical (unpaired) electrons. The Morgan fingerprint density at radius 1 is 1.15 bits per heavy atom. The van der Waals surface area contributed by atoms with E-state index in [2.05, 4.69) is 60.3 Å². The lowest BCUT2D eigenvalue weighted by Crippen LogP contribution is -3.15. The third kappa shape index (κ3) is 3.82. The molecule has 1 N–H and O–H groups in total. The number of anilines is 1. The molecule has 7 nitrogen and oxygen atoms in total. The standard InChI is InChI=1S/C19H30N6O/c1-6-17(18-20-21-22-25(18)19(2,3)4)24-13-11-23(12-14-24)15-7-9-16(26-5)10-8-15/h7-10,17H,6,11-14H2,1-5H3/p+1/t17-/m1/s1. The van der Waals surface area contributed by atoms with Gasteiger partial charge in [0.25, 0.3) is 0 Å². The zero-order valence-electron chi connectivity index (χ0n) is 16.6. The fourth-order valence-electron chi connectivity index (χ4n) is 3.74. The molecule has 1 aromatic heterocycles. The fraction of sp³-hybridized carbons (Fsp3) is 0.632. The molecule has 0 spiro atoms. The molecule has 0 bridgehead atoms. The number of benzene rings is 1. The van der Waals surface area contributed by atoms with E-state index in [0.29, 0.717) is 6.04 Å². The number of rotatable bonds is 5. The van der Waals surface area contributed by atoms with Gasteiger partial charge in [-0.3, -0.25) is 0 Å². The molecule has 0 aliphatic carbocycles. The summed E-state index contributed by atoms with van der Waals surface area (Å²) in [5.74, 6) is 1.91. The highest BCUT2D eigenvalue weighted by Gasteiger charge is 2.33. The molecule has 7 heteroatoms. The largest absolute Gasteiger partial charge is 0.497 e. The lowest BCUT2D eigenvalue weighted by Gasteiger charge is -2.37. The highest BCUT2D eigenvalue weighted by Crippen LogP contribution is 2.21. The summed E-state index contributed by atoms with van der Waals surface area (Å²) in [6, 6.07) is 8.67. The summed E-state index contributed by atoms with van der Waals surface area (Å²) in [5, 5.41) is 12.6. The summed E-state index contributed by atoms with van der Waals surface area (Å²) >= 11 is 0. The van der Waals surface area contributed by atoms with Gasteiger partial charge in [-0.2, -0.15) is 0 Å². The summed E-state index contributed by atoms with van der Waals surface area (Å²) in [5.41, 5.74) is 1.16. The van der Waals surface area contributed by atoms with Crippen molar-refractivity contribution in [3.63, 3.8) is 0 Å². The minimum atomic E-state index is -0.101. The van der Waals surface area contributed by atoms with Crippen LogP contribution in [0.25, 0.3) is 0 Å². The summed E-state index contributed by atoms with van der Waals surface area (Å²) in [4.78, 5) is 4.01. The molecule has 26 heavy (non-hydrogen) atoms. The van der Waals surface area contributed by atoms with Crippen molar-refractivity contribution < 1.29 is 9.64 Å². The monoisotopic (exact) mass is 359 g/mol. The number of hydrogen-bond donors (Lipinski definition) is 1. The van der Waals surface area contributed by atoms with Gasteiger partial charge < -0.3 is 14.5 Å². The smallest absolute Gasteiger partial charge is 0.209 e. The van der Waals surface area contributed by atoms with Crippen molar-refractivity contribution in [1.82, 2.24) is 20.2 Å². The van der Waals surface area contributed by atoms with Crippen LogP contribution in [-0.4, -0.2) is 53.5 Å². The molecule has 1 aliphatic heterocycles. The van der Waals surface area contributed by atoms with Gasteiger partial charge in [-0.25, -0.2) is 4.68 Å². The second kappa shape index (κ2) is 7.61. The summed E-state index contributed by atoms with van der Waals surface area (Å²) in [6.07, 6.45) is 1.04. The van der Waals surface area contributed by atoms with E-state index in [-0.39, 0.29) is 5.54 Å². The van der Waals surface area contributed by atoms with Gasteiger partial charge in [-0.1, -0.05) is 6.92 Å². The van der Waals surface area contributed by atoms with Gasteiger partial charge in [0.1, 0.15) is 11.8 Å². The summed E-state index contributed by atoms with van der Waals surface area (Å²) in [7, 11) is 1.70. The van der Waals surface area contributed by atoms with Crippen molar-refractivity contribution in [3.8, 4) is 5.75 Å². The highest BCUT2D eigenvalue weighted by molar-refractivity contribution is 5.49. The van der Waals surface area contributed by atoms with Crippen LogP contribution in [-0.2, 0) is 5.54 Å². The minimum Gasteiger partial charge on any atom is -0.497 e. The highest BCUT2D eigenvalue weighted by atomic mass is 16.5. The molecule has 2 heterocycles. The van der Waals surface area contributed by atoms with E-state index in [1.54, 1.807) is 12.0 Å². The van der Waals surface area contributed by atoms with Crippen molar-refractivity contribution in [2.75, 3.05) is 38.2 Å². The van der Waals surface area contributed by atoms with Gasteiger partial charge in [-0.05, 0) is 55.5 Å². The third-order valence-electron chi connectivity index (χ3n) is 5.18. The number of tetrazole rings is 1. The first-order valence-corrected chi connectivity index (χ1v) is 9.46. The van der Waals surface area contributed by atoms with E-state index >= 15 is 0 Å². The predicted octanol–water partition coefficient (Wildman–Crippen LogP) is 1.29. The maximum atomic E-state index is 5.26. The lowest BCUT2D eigenvalue weighted by atomic mass is 10.1. The van der Waals surface area contributed by atoms with Crippen molar-refractivity contribution in [2.24, 2.45) is 0 Å². The van der Waals surface area contributed by atoms with Crippen molar-refractivity contribution >= 4 is 5.69 Å². The van der Waals surface area contributed by atoms with Gasteiger partial charge in [-0.15, -0.1) is 5.10 Å². The number of nitrogens with one attached hydrogen (secondary N) is 1. The van der Waals surface area contributed by atoms with Gasteiger partial charge in [0.15, 0.2) is 0 Å². The first kappa shape index (κ1) is 18.6. The Hall–Kier alpha value is -2.15. The van der Waals surface area contributed by atoms with E-state index in [9.17, 15) is 0 Å². The van der Waals surface area contributed by atoms with E-state index in [4.69, 9.17) is 4.74 Å². The molecule has 2 aromatic rings. The van der Waals surface area contributed by atoms with Crippen LogP contribution in [0.15, 0.2) is 24.3 Å². The van der Waals surface area contributed by atoms with Crippen LogP contribution < -0.4 is 14.5 Å². The van der Waals surface area contributed by atoms with Crippen molar-refractivity contribution in [1.29, 1.82) is 0 Å². The lowest BCUT2D eigenvalue weighted by molar-refractivity contribution is -0.933. The Labute approximate surface area is 155 Å². The molecule has 0 unspecified atom stereocenters. The maximum Gasteiger partial charge on any atom is 0.209 e. The molecule has 1 aromatic carbocycles. The number of methoxy groups -OCH3 is 1. The Balaban J connectivity index is 1.69. The van der Waals surface area contributed by atoms with E-state index in [1.165, 1.54) is 5.69 Å². The number of hydrogen-bond acceptors (Lipinski definition) is 5. The number of quaternary nitrogens is 1. The Morgan fingerprint density at radius 2 is 1.81 bits per heavy atom. The first-order valence-electron chi connectivity index (χ1n) is 9.46. The van der Waals surface area contributed by atoms with Crippen LogP contribution in [0.1, 0.15) is 46.0 Å². The Morgan fingerprint density at radius 3 is 2.35 bits per heavy atom. The molecule has 1 fully saturated rings. The van der Waals surface area contributed by atoms with Crippen LogP contribution in [0.5, 0.6) is 5.75 Å². The number of aromatic nitrogens is 4. The molecule has 0 amide bonds. The fourth-order valence-corrected chi connectivity index (χ4v) is 3.74. The summed E-state index contributed by atoms with van der Waals surface area (Å²) in [6.45, 7) is 12.9. The zero-order valence-corrected chi connectivity index (χ0v) is 16.6. The van der Waals surface area contributed by atoms with Crippen molar-refractivity contribution in [3.05, 3.63) is 30.1 Å². The Kier molecular flexibility index (Phi) is 5.46. The zero-order chi connectivity index (χ0) is 18.7. The third-order valence-corrected chi connectivity index (χ3v) is 5.18. The topological polar surface area (TPSA) is 60.5 Å². The second-order valence-corrected chi connectivity index (χ2v) is 7.92. The van der Waals surface area contributed by atoms with E-state index < -0.39 is 0 Å². The normalized spacial score (nSPS) is 17.3. The molecular weight excluding hydrogens is 328 g/mol. The van der Waals surface area contributed by atoms with E-state index in [1.807, 2.05) is 16.8 Å². The van der Waals surface area contributed by atoms with E-state index in [0.717, 1.165) is 44.2 Å². The average molecular weight is 359 g/mol. The van der Waals surface area contributed by atoms with Crippen LogP contribution in [0.4, 0.5) is 5.69 Å². The van der Waals surface area contributed by atoms with Gasteiger partial charge in [0.05, 0.1) is 38.8 Å². The average Bonchev–Trinajstić information content (AvgIpc) is 3.13. The molecule has 1 aliphatic rings. The second-order valence-electron chi connectivity index (χ2n) is 7.92.